The molecule has 1 aliphatic heterocycles. The molecule has 0 radical (unpaired) electrons. The van der Waals surface area contributed by atoms with Gasteiger partial charge in [0.1, 0.15) is 0 Å². The van der Waals surface area contributed by atoms with Crippen molar-refractivity contribution in [3.63, 3.8) is 0 Å². The summed E-state index contributed by atoms with van der Waals surface area (Å²) in [7, 11) is 0. The van der Waals surface area contributed by atoms with Gasteiger partial charge in [-0.2, -0.15) is 0 Å². The lowest BCUT2D eigenvalue weighted by atomic mass is 9.97. The lowest BCUT2D eigenvalue weighted by Crippen LogP contribution is -2.31. The zero-order chi connectivity index (χ0) is 18.2. The van der Waals surface area contributed by atoms with Crippen molar-refractivity contribution >= 4 is 5.95 Å². The molecule has 7 N–H and O–H groups in total. The molecule has 1 aromatic heterocycles. The summed E-state index contributed by atoms with van der Waals surface area (Å²) in [5.41, 5.74) is 5.76. The van der Waals surface area contributed by atoms with Crippen LogP contribution in [0.25, 0.3) is 0 Å². The Kier molecular flexibility index (Phi) is 8.99. The molecule has 0 saturated carbocycles. The van der Waals surface area contributed by atoms with Gasteiger partial charge in [0, 0.05) is 18.3 Å². The molecular formula is C15H30N4O4. The number of aromatic nitrogens is 2. The van der Waals surface area contributed by atoms with Crippen LogP contribution in [0.5, 0.6) is 0 Å². The fourth-order valence-corrected chi connectivity index (χ4v) is 2.23. The summed E-state index contributed by atoms with van der Waals surface area (Å²) in [5.74, 6) is -1.08. The average Bonchev–Trinajstić information content (AvgIpc) is 2.80. The topological polar surface area (TPSA) is 144 Å². The maximum atomic E-state index is 11.7. The molecule has 2 rings (SSSR count). The van der Waals surface area contributed by atoms with E-state index < -0.39 is 5.79 Å². The van der Waals surface area contributed by atoms with E-state index in [1.165, 1.54) is 20.0 Å². The molecule has 1 saturated heterocycles. The van der Waals surface area contributed by atoms with Crippen molar-refractivity contribution in [1.82, 2.24) is 15.3 Å². The Morgan fingerprint density at radius 1 is 1.39 bits per heavy atom. The molecule has 1 fully saturated rings. The summed E-state index contributed by atoms with van der Waals surface area (Å²) in [6.45, 7) is 8.73. The number of aliphatic hydroxyl groups excluding tert-OH is 1. The van der Waals surface area contributed by atoms with Crippen LogP contribution in [0, 0.1) is 5.92 Å². The summed E-state index contributed by atoms with van der Waals surface area (Å²) < 4.78 is 0. The standard InChI is InChI=1S/C10H16N4O2.C3H8O2.C2H6/c1-5-2-6(4-15)13-8(5)7-3-12-10(11)14-9(7)16;1-3(2,4)5;1-2/h3,5-6,8,13,15H,2,4H2,1H3,(H3,11,12,14,16);4-5H,1-2H3;1-2H3. The van der Waals surface area contributed by atoms with Crippen molar-refractivity contribution in [2.75, 3.05) is 12.3 Å². The smallest absolute Gasteiger partial charge is 0.257 e. The van der Waals surface area contributed by atoms with Gasteiger partial charge in [0.05, 0.1) is 12.2 Å². The Hall–Kier alpha value is -1.48. The van der Waals surface area contributed by atoms with E-state index in [1.807, 2.05) is 20.8 Å². The second-order valence-electron chi connectivity index (χ2n) is 5.78. The van der Waals surface area contributed by atoms with Crippen molar-refractivity contribution in [2.24, 2.45) is 5.92 Å². The van der Waals surface area contributed by atoms with Gasteiger partial charge >= 0.3 is 0 Å². The van der Waals surface area contributed by atoms with Gasteiger partial charge in [-0.25, -0.2) is 4.98 Å². The highest BCUT2D eigenvalue weighted by Crippen LogP contribution is 2.30. The SMILES string of the molecule is CC.CC(C)(O)O.CC1CC(CO)NC1c1cnc(N)[nH]c1=O. The predicted molar refractivity (Wildman–Crippen MR) is 89.7 cm³/mol. The van der Waals surface area contributed by atoms with Crippen LogP contribution in [-0.2, 0) is 0 Å². The van der Waals surface area contributed by atoms with Crippen LogP contribution in [0.3, 0.4) is 0 Å². The van der Waals surface area contributed by atoms with E-state index in [-0.39, 0.29) is 30.2 Å². The number of nitrogens with one attached hydrogen (secondary N) is 2. The van der Waals surface area contributed by atoms with Crippen LogP contribution in [0.1, 0.15) is 52.6 Å². The third-order valence-corrected chi connectivity index (χ3v) is 3.04. The highest BCUT2D eigenvalue weighted by Gasteiger charge is 2.32. The van der Waals surface area contributed by atoms with E-state index in [2.05, 4.69) is 15.3 Å². The Bertz CT molecular complexity index is 507. The summed E-state index contributed by atoms with van der Waals surface area (Å²) in [4.78, 5) is 18.1. The van der Waals surface area contributed by atoms with E-state index in [4.69, 9.17) is 21.1 Å². The number of anilines is 1. The van der Waals surface area contributed by atoms with Gasteiger partial charge in [-0.1, -0.05) is 20.8 Å². The van der Waals surface area contributed by atoms with E-state index in [0.29, 0.717) is 11.5 Å². The molecule has 1 aliphatic rings. The largest absolute Gasteiger partial charge is 0.395 e. The lowest BCUT2D eigenvalue weighted by Gasteiger charge is -2.15. The Labute approximate surface area is 136 Å². The van der Waals surface area contributed by atoms with E-state index >= 15 is 0 Å². The maximum absolute atomic E-state index is 11.7. The number of aromatic amines is 1. The molecule has 2 heterocycles. The van der Waals surface area contributed by atoms with Crippen LogP contribution < -0.4 is 16.6 Å². The molecule has 0 spiro atoms. The van der Waals surface area contributed by atoms with Crippen LogP contribution in [0.4, 0.5) is 5.95 Å². The molecular weight excluding hydrogens is 300 g/mol. The average molecular weight is 330 g/mol. The molecule has 0 aromatic carbocycles. The maximum Gasteiger partial charge on any atom is 0.257 e. The van der Waals surface area contributed by atoms with Crippen molar-refractivity contribution < 1.29 is 15.3 Å². The van der Waals surface area contributed by atoms with Gasteiger partial charge in [0.2, 0.25) is 0 Å². The minimum absolute atomic E-state index is 0.0527. The number of rotatable bonds is 2. The fourth-order valence-electron chi connectivity index (χ4n) is 2.23. The van der Waals surface area contributed by atoms with Gasteiger partial charge in [0.15, 0.2) is 11.7 Å². The van der Waals surface area contributed by atoms with Crippen molar-refractivity contribution in [3.05, 3.63) is 22.1 Å². The molecule has 8 nitrogen and oxygen atoms in total. The van der Waals surface area contributed by atoms with E-state index in [1.54, 1.807) is 0 Å². The molecule has 0 aliphatic carbocycles. The molecule has 3 unspecified atom stereocenters. The minimum atomic E-state index is -1.50. The van der Waals surface area contributed by atoms with Gasteiger partial charge in [0.25, 0.3) is 5.56 Å². The highest BCUT2D eigenvalue weighted by atomic mass is 16.5. The number of nitrogens with zero attached hydrogens (tertiary/aromatic N) is 1. The zero-order valence-corrected chi connectivity index (χ0v) is 14.5. The van der Waals surface area contributed by atoms with Crippen molar-refractivity contribution in [2.45, 2.75) is 58.9 Å². The first-order chi connectivity index (χ1) is 10.6. The second-order valence-corrected chi connectivity index (χ2v) is 5.78. The molecule has 0 amide bonds. The summed E-state index contributed by atoms with van der Waals surface area (Å²) in [6, 6.07) is -0.00838. The first-order valence-electron chi connectivity index (χ1n) is 7.78. The first kappa shape index (κ1) is 21.5. The summed E-state index contributed by atoms with van der Waals surface area (Å²) in [5, 5.41) is 28.4. The number of aliphatic hydroxyl groups is 3. The zero-order valence-electron chi connectivity index (χ0n) is 14.5. The Morgan fingerprint density at radius 3 is 2.30 bits per heavy atom. The third-order valence-electron chi connectivity index (χ3n) is 3.04. The van der Waals surface area contributed by atoms with E-state index in [0.717, 1.165) is 6.42 Å². The van der Waals surface area contributed by atoms with Crippen LogP contribution >= 0.6 is 0 Å². The quantitative estimate of drug-likeness (QED) is 0.422. The number of nitrogens with two attached hydrogens (primary N) is 1. The van der Waals surface area contributed by atoms with E-state index in [9.17, 15) is 4.79 Å². The lowest BCUT2D eigenvalue weighted by molar-refractivity contribution is -0.127. The monoisotopic (exact) mass is 330 g/mol. The normalized spacial score (nSPS) is 23.4. The Balaban J connectivity index is 0.000000594. The molecule has 0 bridgehead atoms. The third kappa shape index (κ3) is 8.08. The molecule has 134 valence electrons. The predicted octanol–water partition coefficient (Wildman–Crippen LogP) is 0.117. The summed E-state index contributed by atoms with van der Waals surface area (Å²) >= 11 is 0. The van der Waals surface area contributed by atoms with Gasteiger partial charge in [-0.05, 0) is 26.2 Å². The second kappa shape index (κ2) is 9.61. The van der Waals surface area contributed by atoms with Crippen molar-refractivity contribution in [3.8, 4) is 0 Å². The minimum Gasteiger partial charge on any atom is -0.395 e. The molecule has 3 atom stereocenters. The van der Waals surface area contributed by atoms with Crippen molar-refractivity contribution in [1.29, 1.82) is 0 Å². The van der Waals surface area contributed by atoms with Crippen LogP contribution in [0.15, 0.2) is 11.0 Å². The molecule has 8 heteroatoms. The summed E-state index contributed by atoms with van der Waals surface area (Å²) in [6.07, 6.45) is 2.35. The highest BCUT2D eigenvalue weighted by molar-refractivity contribution is 5.21. The molecule has 1 aromatic rings. The molecule has 23 heavy (non-hydrogen) atoms. The van der Waals surface area contributed by atoms with Crippen LogP contribution in [0.2, 0.25) is 0 Å². The van der Waals surface area contributed by atoms with Gasteiger partial charge in [-0.3, -0.25) is 9.78 Å². The Morgan fingerprint density at radius 2 is 1.91 bits per heavy atom. The number of hydrogen-bond donors (Lipinski definition) is 6. The van der Waals surface area contributed by atoms with Gasteiger partial charge in [-0.15, -0.1) is 0 Å². The number of hydrogen-bond acceptors (Lipinski definition) is 7. The fraction of sp³-hybridized carbons (Fsp3) is 0.733. The first-order valence-corrected chi connectivity index (χ1v) is 7.78. The number of nitrogen functional groups attached to an aromatic ring is 1. The number of H-pyrrole nitrogens is 1. The van der Waals surface area contributed by atoms with Crippen LogP contribution in [-0.4, -0.2) is 43.7 Å². The van der Waals surface area contributed by atoms with Gasteiger partial charge < -0.3 is 26.4 Å².